The van der Waals surface area contributed by atoms with E-state index in [-0.39, 0.29) is 17.7 Å². The maximum Gasteiger partial charge on any atom is 0.306 e. The number of hydrogen-bond acceptors (Lipinski definition) is 3. The van der Waals surface area contributed by atoms with Crippen LogP contribution in [0, 0.1) is 11.8 Å². The molecule has 1 amide bonds. The first-order chi connectivity index (χ1) is 9.08. The van der Waals surface area contributed by atoms with E-state index in [0.717, 1.165) is 5.82 Å². The Morgan fingerprint density at radius 3 is 2.79 bits per heavy atom. The van der Waals surface area contributed by atoms with Crippen LogP contribution >= 0.6 is 0 Å². The molecule has 2 atom stereocenters. The van der Waals surface area contributed by atoms with Crippen LogP contribution in [0.2, 0.25) is 0 Å². The van der Waals surface area contributed by atoms with Crippen molar-refractivity contribution in [2.75, 3.05) is 6.54 Å². The van der Waals surface area contributed by atoms with Crippen molar-refractivity contribution in [2.45, 2.75) is 25.7 Å². The van der Waals surface area contributed by atoms with E-state index in [1.165, 1.54) is 0 Å². The molecule has 2 N–H and O–H groups in total. The van der Waals surface area contributed by atoms with Gasteiger partial charge in [-0.3, -0.25) is 9.59 Å². The van der Waals surface area contributed by atoms with Crippen LogP contribution in [0.1, 0.15) is 25.1 Å². The SMILES string of the molecule is Cn1ccnc1CCNC(=O)C1CCC(C(=O)O)C1. The second-order valence-electron chi connectivity index (χ2n) is 5.04. The molecule has 0 aliphatic heterocycles. The molecule has 19 heavy (non-hydrogen) atoms. The molecule has 0 spiro atoms. The summed E-state index contributed by atoms with van der Waals surface area (Å²) in [7, 11) is 1.92. The number of amides is 1. The van der Waals surface area contributed by atoms with Crippen LogP contribution < -0.4 is 5.32 Å². The van der Waals surface area contributed by atoms with Crippen LogP contribution in [0.3, 0.4) is 0 Å². The first-order valence-electron chi connectivity index (χ1n) is 6.54. The first kappa shape index (κ1) is 13.6. The van der Waals surface area contributed by atoms with E-state index in [2.05, 4.69) is 10.3 Å². The van der Waals surface area contributed by atoms with Crippen molar-refractivity contribution in [3.63, 3.8) is 0 Å². The monoisotopic (exact) mass is 265 g/mol. The number of aromatic nitrogens is 2. The topological polar surface area (TPSA) is 84.2 Å². The minimum Gasteiger partial charge on any atom is -0.481 e. The molecule has 1 heterocycles. The van der Waals surface area contributed by atoms with Crippen molar-refractivity contribution < 1.29 is 14.7 Å². The third-order valence-corrected chi connectivity index (χ3v) is 3.72. The van der Waals surface area contributed by atoms with Gasteiger partial charge in [-0.1, -0.05) is 0 Å². The molecular weight excluding hydrogens is 246 g/mol. The molecule has 6 nitrogen and oxygen atoms in total. The van der Waals surface area contributed by atoms with Gasteiger partial charge in [-0.05, 0) is 19.3 Å². The van der Waals surface area contributed by atoms with E-state index in [4.69, 9.17) is 5.11 Å². The predicted octanol–water partition coefficient (Wildman–Crippen LogP) is 0.580. The molecule has 0 aromatic carbocycles. The number of aliphatic carboxylic acids is 1. The summed E-state index contributed by atoms with van der Waals surface area (Å²) in [5, 5.41) is 11.8. The van der Waals surface area contributed by atoms with Gasteiger partial charge in [0.2, 0.25) is 5.91 Å². The van der Waals surface area contributed by atoms with Crippen LogP contribution in [0.4, 0.5) is 0 Å². The van der Waals surface area contributed by atoms with E-state index in [1.807, 2.05) is 17.8 Å². The highest BCUT2D eigenvalue weighted by Crippen LogP contribution is 2.30. The zero-order valence-corrected chi connectivity index (χ0v) is 11.0. The van der Waals surface area contributed by atoms with Crippen LogP contribution in [0.15, 0.2) is 12.4 Å². The van der Waals surface area contributed by atoms with Gasteiger partial charge < -0.3 is 15.0 Å². The first-order valence-corrected chi connectivity index (χ1v) is 6.54. The number of imidazole rings is 1. The average Bonchev–Trinajstić information content (AvgIpc) is 2.98. The molecule has 1 aromatic heterocycles. The van der Waals surface area contributed by atoms with E-state index >= 15 is 0 Å². The van der Waals surface area contributed by atoms with Crippen molar-refractivity contribution in [3.05, 3.63) is 18.2 Å². The van der Waals surface area contributed by atoms with Gasteiger partial charge >= 0.3 is 5.97 Å². The zero-order chi connectivity index (χ0) is 13.8. The quantitative estimate of drug-likeness (QED) is 0.815. The minimum atomic E-state index is -0.789. The molecule has 1 aliphatic carbocycles. The lowest BCUT2D eigenvalue weighted by Crippen LogP contribution is -2.31. The summed E-state index contributed by atoms with van der Waals surface area (Å²) in [6, 6.07) is 0. The highest BCUT2D eigenvalue weighted by atomic mass is 16.4. The lowest BCUT2D eigenvalue weighted by atomic mass is 10.0. The molecule has 0 bridgehead atoms. The van der Waals surface area contributed by atoms with Crippen molar-refractivity contribution in [1.29, 1.82) is 0 Å². The van der Waals surface area contributed by atoms with E-state index in [9.17, 15) is 9.59 Å². The maximum atomic E-state index is 11.9. The van der Waals surface area contributed by atoms with E-state index in [0.29, 0.717) is 32.2 Å². The highest BCUT2D eigenvalue weighted by Gasteiger charge is 2.33. The molecule has 104 valence electrons. The van der Waals surface area contributed by atoms with Crippen LogP contribution in [-0.4, -0.2) is 33.1 Å². The Bertz CT molecular complexity index is 469. The molecule has 2 rings (SSSR count). The molecule has 0 radical (unpaired) electrons. The predicted molar refractivity (Wildman–Crippen MR) is 68.4 cm³/mol. The second-order valence-corrected chi connectivity index (χ2v) is 5.04. The minimum absolute atomic E-state index is 0.0297. The number of aryl methyl sites for hydroxylation is 1. The lowest BCUT2D eigenvalue weighted by Gasteiger charge is -2.10. The summed E-state index contributed by atoms with van der Waals surface area (Å²) in [5.41, 5.74) is 0. The molecule has 2 unspecified atom stereocenters. The summed E-state index contributed by atoms with van der Waals surface area (Å²) in [6.45, 7) is 0.540. The second kappa shape index (κ2) is 5.86. The van der Waals surface area contributed by atoms with Gasteiger partial charge in [0.1, 0.15) is 5.82 Å². The summed E-state index contributed by atoms with van der Waals surface area (Å²) in [4.78, 5) is 26.9. The number of carbonyl (C=O) groups excluding carboxylic acids is 1. The fourth-order valence-corrected chi connectivity index (χ4v) is 2.52. The molecule has 1 fully saturated rings. The van der Waals surface area contributed by atoms with Gasteiger partial charge in [0.05, 0.1) is 5.92 Å². The molecule has 6 heteroatoms. The number of carbonyl (C=O) groups is 2. The number of carboxylic acids is 1. The van der Waals surface area contributed by atoms with Crippen molar-refractivity contribution in [1.82, 2.24) is 14.9 Å². The standard InChI is InChI=1S/C13H19N3O3/c1-16-7-6-14-11(16)4-5-15-12(17)9-2-3-10(8-9)13(18)19/h6-7,9-10H,2-5,8H2,1H3,(H,15,17)(H,18,19). The zero-order valence-electron chi connectivity index (χ0n) is 11.0. The molecule has 1 aliphatic rings. The third-order valence-electron chi connectivity index (χ3n) is 3.72. The van der Waals surface area contributed by atoms with Gasteiger partial charge in [-0.15, -0.1) is 0 Å². The van der Waals surface area contributed by atoms with E-state index < -0.39 is 5.97 Å². The Morgan fingerprint density at radius 2 is 2.21 bits per heavy atom. The normalized spacial score (nSPS) is 22.4. The smallest absolute Gasteiger partial charge is 0.306 e. The van der Waals surface area contributed by atoms with Crippen LogP contribution in [0.25, 0.3) is 0 Å². The summed E-state index contributed by atoms with van der Waals surface area (Å²) >= 11 is 0. The Morgan fingerprint density at radius 1 is 1.47 bits per heavy atom. The Hall–Kier alpha value is -1.85. The molecule has 1 aromatic rings. The van der Waals surface area contributed by atoms with Crippen molar-refractivity contribution in [2.24, 2.45) is 18.9 Å². The van der Waals surface area contributed by atoms with Crippen molar-refractivity contribution >= 4 is 11.9 Å². The molecule has 1 saturated carbocycles. The van der Waals surface area contributed by atoms with Gasteiger partial charge in [-0.25, -0.2) is 4.98 Å². The Balaban J connectivity index is 1.73. The number of hydrogen-bond donors (Lipinski definition) is 2. The van der Waals surface area contributed by atoms with Gasteiger partial charge in [0.15, 0.2) is 0 Å². The highest BCUT2D eigenvalue weighted by molar-refractivity contribution is 5.80. The number of rotatable bonds is 5. The fraction of sp³-hybridized carbons (Fsp3) is 0.615. The maximum absolute atomic E-state index is 11.9. The number of nitrogens with one attached hydrogen (secondary N) is 1. The largest absolute Gasteiger partial charge is 0.481 e. The summed E-state index contributed by atoms with van der Waals surface area (Å²) < 4.78 is 1.92. The lowest BCUT2D eigenvalue weighted by molar-refractivity contribution is -0.141. The molecular formula is C13H19N3O3. The number of carboxylic acid groups (broad SMARTS) is 1. The summed E-state index contributed by atoms with van der Waals surface area (Å²) in [5.74, 6) is -0.399. The number of nitrogens with zero attached hydrogens (tertiary/aromatic N) is 2. The Labute approximate surface area is 111 Å². The average molecular weight is 265 g/mol. The van der Waals surface area contributed by atoms with E-state index in [1.54, 1.807) is 6.20 Å². The molecule has 0 saturated heterocycles. The fourth-order valence-electron chi connectivity index (χ4n) is 2.52. The van der Waals surface area contributed by atoms with Gasteiger partial charge in [0.25, 0.3) is 0 Å². The van der Waals surface area contributed by atoms with Crippen molar-refractivity contribution in [3.8, 4) is 0 Å². The Kier molecular flexibility index (Phi) is 4.19. The summed E-state index contributed by atoms with van der Waals surface area (Å²) in [6.07, 6.45) is 6.02. The van der Waals surface area contributed by atoms with Crippen LogP contribution in [-0.2, 0) is 23.1 Å². The van der Waals surface area contributed by atoms with Crippen LogP contribution in [0.5, 0.6) is 0 Å². The van der Waals surface area contributed by atoms with Gasteiger partial charge in [0, 0.05) is 38.3 Å². The van der Waals surface area contributed by atoms with Gasteiger partial charge in [-0.2, -0.15) is 0 Å². The third kappa shape index (κ3) is 3.33.